The van der Waals surface area contributed by atoms with E-state index in [9.17, 15) is 4.79 Å². The van der Waals surface area contributed by atoms with Gasteiger partial charge in [0.1, 0.15) is 0 Å². The molecule has 2 atom stereocenters. The molecule has 5 nitrogen and oxygen atoms in total. The summed E-state index contributed by atoms with van der Waals surface area (Å²) in [4.78, 5) is 16.6. The Morgan fingerprint density at radius 1 is 1.21 bits per heavy atom. The number of nitrogens with zero attached hydrogens (tertiary/aromatic N) is 2. The molecule has 1 saturated carbocycles. The van der Waals surface area contributed by atoms with E-state index in [2.05, 4.69) is 17.1 Å². The lowest BCUT2D eigenvalue weighted by molar-refractivity contribution is 0.0418. The van der Waals surface area contributed by atoms with Gasteiger partial charge < -0.3 is 19.9 Å². The number of carbonyl (C=O) groups is 1. The van der Waals surface area contributed by atoms with E-state index in [1.54, 1.807) is 7.11 Å². The van der Waals surface area contributed by atoms with Crippen molar-refractivity contribution < 1.29 is 9.53 Å². The minimum Gasteiger partial charge on any atom is -0.379 e. The third-order valence-electron chi connectivity index (χ3n) is 4.42. The summed E-state index contributed by atoms with van der Waals surface area (Å²) in [6, 6.07) is 0.278. The second-order valence-corrected chi connectivity index (χ2v) is 5.54. The smallest absolute Gasteiger partial charge is 0.317 e. The van der Waals surface area contributed by atoms with Crippen LogP contribution in [0.2, 0.25) is 0 Å². The Balaban J connectivity index is 1.80. The van der Waals surface area contributed by atoms with Crippen molar-refractivity contribution in [2.24, 2.45) is 0 Å². The van der Waals surface area contributed by atoms with E-state index >= 15 is 0 Å². The van der Waals surface area contributed by atoms with E-state index in [0.717, 1.165) is 45.6 Å². The fourth-order valence-corrected chi connectivity index (χ4v) is 3.06. The van der Waals surface area contributed by atoms with Crippen LogP contribution in [0.15, 0.2) is 0 Å². The highest BCUT2D eigenvalue weighted by Gasteiger charge is 2.28. The molecular formula is C14H27N3O2. The zero-order valence-electron chi connectivity index (χ0n) is 12.2. The number of methoxy groups -OCH3 is 1. The first-order chi connectivity index (χ1) is 9.24. The van der Waals surface area contributed by atoms with Crippen molar-refractivity contribution >= 4 is 6.03 Å². The average Bonchev–Trinajstić information content (AvgIpc) is 2.48. The first-order valence-electron chi connectivity index (χ1n) is 7.55. The normalized spacial score (nSPS) is 29.3. The summed E-state index contributed by atoms with van der Waals surface area (Å²) in [5.74, 6) is 0. The number of rotatable bonds is 3. The Bertz CT molecular complexity index is 290. The molecule has 0 radical (unpaired) electrons. The van der Waals surface area contributed by atoms with Crippen LogP contribution in [0.1, 0.15) is 32.6 Å². The van der Waals surface area contributed by atoms with Crippen LogP contribution in [-0.2, 0) is 4.74 Å². The highest BCUT2D eigenvalue weighted by atomic mass is 16.5. The van der Waals surface area contributed by atoms with E-state index in [0.29, 0.717) is 0 Å². The molecule has 0 aromatic carbocycles. The maximum atomic E-state index is 12.3. The molecular weight excluding hydrogens is 242 g/mol. The summed E-state index contributed by atoms with van der Waals surface area (Å²) in [5, 5.41) is 3.17. The lowest BCUT2D eigenvalue weighted by atomic mass is 9.92. The van der Waals surface area contributed by atoms with E-state index in [4.69, 9.17) is 4.74 Å². The fourth-order valence-electron chi connectivity index (χ4n) is 3.06. The zero-order chi connectivity index (χ0) is 13.7. The van der Waals surface area contributed by atoms with Crippen LogP contribution in [0, 0.1) is 0 Å². The molecule has 0 bridgehead atoms. The van der Waals surface area contributed by atoms with Crippen LogP contribution in [0.4, 0.5) is 4.79 Å². The number of hydrogen-bond donors (Lipinski definition) is 1. The van der Waals surface area contributed by atoms with E-state index in [1.807, 2.05) is 4.90 Å². The molecule has 0 aromatic rings. The first kappa shape index (κ1) is 14.6. The number of carbonyl (C=O) groups excluding carboxylic acids is 1. The summed E-state index contributed by atoms with van der Waals surface area (Å²) in [6.07, 6.45) is 4.69. The van der Waals surface area contributed by atoms with Crippen LogP contribution < -0.4 is 5.32 Å². The SMILES string of the molecule is CCN1CCN(C(=O)NC2CCCCC2OC)CC1. The predicted molar refractivity (Wildman–Crippen MR) is 75.3 cm³/mol. The van der Waals surface area contributed by atoms with Crippen LogP contribution in [0.3, 0.4) is 0 Å². The molecule has 2 aliphatic rings. The third kappa shape index (κ3) is 3.83. The van der Waals surface area contributed by atoms with Gasteiger partial charge in [0, 0.05) is 33.3 Å². The molecule has 0 spiro atoms. The number of urea groups is 1. The number of nitrogens with one attached hydrogen (secondary N) is 1. The summed E-state index contributed by atoms with van der Waals surface area (Å²) >= 11 is 0. The van der Waals surface area contributed by atoms with Crippen molar-refractivity contribution in [2.75, 3.05) is 39.8 Å². The van der Waals surface area contributed by atoms with Gasteiger partial charge in [0.2, 0.25) is 0 Å². The molecule has 110 valence electrons. The molecule has 0 aromatic heterocycles. The second-order valence-electron chi connectivity index (χ2n) is 5.54. The van der Waals surface area contributed by atoms with Crippen molar-refractivity contribution in [3.8, 4) is 0 Å². The van der Waals surface area contributed by atoms with Crippen LogP contribution in [0.5, 0.6) is 0 Å². The van der Waals surface area contributed by atoms with Crippen LogP contribution in [-0.4, -0.2) is 67.8 Å². The van der Waals surface area contributed by atoms with Gasteiger partial charge in [0.15, 0.2) is 0 Å². The minimum atomic E-state index is 0.0877. The van der Waals surface area contributed by atoms with Gasteiger partial charge in [-0.05, 0) is 19.4 Å². The van der Waals surface area contributed by atoms with Gasteiger partial charge in [0.05, 0.1) is 12.1 Å². The number of hydrogen-bond acceptors (Lipinski definition) is 3. The minimum absolute atomic E-state index is 0.0877. The molecule has 1 aliphatic carbocycles. The zero-order valence-corrected chi connectivity index (χ0v) is 12.2. The molecule has 2 unspecified atom stereocenters. The van der Waals surface area contributed by atoms with Crippen LogP contribution in [0.25, 0.3) is 0 Å². The summed E-state index contributed by atoms with van der Waals surface area (Å²) in [6.45, 7) is 6.89. The first-order valence-corrected chi connectivity index (χ1v) is 7.55. The van der Waals surface area contributed by atoms with Crippen molar-refractivity contribution in [1.29, 1.82) is 0 Å². The summed E-state index contributed by atoms with van der Waals surface area (Å²) in [7, 11) is 1.75. The molecule has 1 heterocycles. The molecule has 1 saturated heterocycles. The van der Waals surface area contributed by atoms with E-state index in [-0.39, 0.29) is 18.2 Å². The van der Waals surface area contributed by atoms with Gasteiger partial charge in [-0.1, -0.05) is 19.8 Å². The Morgan fingerprint density at radius 2 is 1.89 bits per heavy atom. The highest BCUT2D eigenvalue weighted by Crippen LogP contribution is 2.21. The van der Waals surface area contributed by atoms with Gasteiger partial charge in [-0.25, -0.2) is 4.79 Å². The Morgan fingerprint density at radius 3 is 2.53 bits per heavy atom. The molecule has 2 rings (SSSR count). The van der Waals surface area contributed by atoms with Gasteiger partial charge in [-0.15, -0.1) is 0 Å². The summed E-state index contributed by atoms with van der Waals surface area (Å²) < 4.78 is 5.48. The number of likely N-dealkylation sites (N-methyl/N-ethyl adjacent to an activating group) is 1. The molecule has 5 heteroatoms. The largest absolute Gasteiger partial charge is 0.379 e. The third-order valence-corrected chi connectivity index (χ3v) is 4.42. The van der Waals surface area contributed by atoms with Gasteiger partial charge >= 0.3 is 6.03 Å². The Labute approximate surface area is 116 Å². The maximum absolute atomic E-state index is 12.3. The average molecular weight is 269 g/mol. The molecule has 19 heavy (non-hydrogen) atoms. The molecule has 2 amide bonds. The molecule has 2 fully saturated rings. The van der Waals surface area contributed by atoms with E-state index in [1.165, 1.54) is 12.8 Å². The van der Waals surface area contributed by atoms with E-state index < -0.39 is 0 Å². The van der Waals surface area contributed by atoms with Gasteiger partial charge in [0.25, 0.3) is 0 Å². The number of amides is 2. The Hall–Kier alpha value is -0.810. The van der Waals surface area contributed by atoms with Gasteiger partial charge in [-0.2, -0.15) is 0 Å². The van der Waals surface area contributed by atoms with Crippen molar-refractivity contribution in [3.05, 3.63) is 0 Å². The van der Waals surface area contributed by atoms with Crippen molar-refractivity contribution in [2.45, 2.75) is 44.8 Å². The number of ether oxygens (including phenoxy) is 1. The highest BCUT2D eigenvalue weighted by molar-refractivity contribution is 5.74. The van der Waals surface area contributed by atoms with Gasteiger partial charge in [-0.3, -0.25) is 0 Å². The lowest BCUT2D eigenvalue weighted by Crippen LogP contribution is -2.55. The van der Waals surface area contributed by atoms with Crippen molar-refractivity contribution in [1.82, 2.24) is 15.1 Å². The summed E-state index contributed by atoms with van der Waals surface area (Å²) in [5.41, 5.74) is 0. The Kier molecular flexibility index (Phi) is 5.45. The standard InChI is InChI=1S/C14H27N3O2/c1-3-16-8-10-17(11-9-16)14(18)15-12-6-4-5-7-13(12)19-2/h12-13H,3-11H2,1-2H3,(H,15,18). The topological polar surface area (TPSA) is 44.8 Å². The molecule has 1 N–H and O–H groups in total. The maximum Gasteiger partial charge on any atom is 0.317 e. The monoisotopic (exact) mass is 269 g/mol. The van der Waals surface area contributed by atoms with Crippen molar-refractivity contribution in [3.63, 3.8) is 0 Å². The fraction of sp³-hybridized carbons (Fsp3) is 0.929. The quantitative estimate of drug-likeness (QED) is 0.840. The lowest BCUT2D eigenvalue weighted by Gasteiger charge is -2.37. The predicted octanol–water partition coefficient (Wildman–Crippen LogP) is 1.29. The second kappa shape index (κ2) is 7.10. The number of piperazine rings is 1. The van der Waals surface area contributed by atoms with Crippen LogP contribution >= 0.6 is 0 Å². The molecule has 1 aliphatic heterocycles.